The molecule has 0 radical (unpaired) electrons. The molecule has 130 valence electrons. The number of carbonyl (C=O) groups is 2. The monoisotopic (exact) mass is 345 g/mol. The summed E-state index contributed by atoms with van der Waals surface area (Å²) in [7, 11) is 0. The van der Waals surface area contributed by atoms with Gasteiger partial charge in [-0.05, 0) is 37.6 Å². The van der Waals surface area contributed by atoms with Crippen molar-refractivity contribution in [2.24, 2.45) is 0 Å². The summed E-state index contributed by atoms with van der Waals surface area (Å²) in [5.74, 6) is -3.08. The second-order valence-electron chi connectivity index (χ2n) is 6.10. The van der Waals surface area contributed by atoms with Crippen LogP contribution in [-0.4, -0.2) is 24.0 Å². The lowest BCUT2D eigenvalue weighted by molar-refractivity contribution is -0.136. The van der Waals surface area contributed by atoms with E-state index in [1.165, 1.54) is 17.9 Å². The number of likely N-dealkylation sites (N-methyl/N-ethyl adjacent to an activating group) is 1. The lowest BCUT2D eigenvalue weighted by Crippen LogP contribution is -2.53. The zero-order valence-corrected chi connectivity index (χ0v) is 13.9. The Hall–Kier alpha value is -2.76. The standard InChI is InChI=1S/C19H17F2NO3/c1-3-22(13-8-9-15(20)16(21)10-13)18(24)19(2)11-12-6-4-5-7-14(12)17(23)25-19/h4-10H,3,11H2,1-2H3. The highest BCUT2D eigenvalue weighted by Crippen LogP contribution is 2.31. The molecule has 6 heteroatoms. The van der Waals surface area contributed by atoms with Crippen molar-refractivity contribution in [2.45, 2.75) is 25.9 Å². The summed E-state index contributed by atoms with van der Waals surface area (Å²) in [5, 5.41) is 0. The van der Waals surface area contributed by atoms with Crippen molar-refractivity contribution in [3.8, 4) is 0 Å². The molecule has 3 rings (SSSR count). The fourth-order valence-electron chi connectivity index (χ4n) is 3.03. The molecule has 4 nitrogen and oxygen atoms in total. The molecule has 0 saturated carbocycles. The van der Waals surface area contributed by atoms with Gasteiger partial charge in [-0.25, -0.2) is 13.6 Å². The summed E-state index contributed by atoms with van der Waals surface area (Å²) < 4.78 is 32.1. The number of benzene rings is 2. The highest BCUT2D eigenvalue weighted by Gasteiger charge is 2.45. The van der Waals surface area contributed by atoms with Crippen LogP contribution in [0.4, 0.5) is 14.5 Å². The van der Waals surface area contributed by atoms with Gasteiger partial charge in [0.25, 0.3) is 5.91 Å². The molecule has 0 N–H and O–H groups in total. The number of ether oxygens (including phenoxy) is 1. The topological polar surface area (TPSA) is 46.6 Å². The number of carbonyl (C=O) groups excluding carboxylic acids is 2. The number of hydrogen-bond acceptors (Lipinski definition) is 3. The Kier molecular flexibility index (Phi) is 4.29. The molecule has 1 aliphatic heterocycles. The summed E-state index contributed by atoms with van der Waals surface area (Å²) in [6.07, 6.45) is 0.216. The van der Waals surface area contributed by atoms with Crippen LogP contribution in [0.15, 0.2) is 42.5 Å². The van der Waals surface area contributed by atoms with E-state index in [4.69, 9.17) is 4.74 Å². The Morgan fingerprint density at radius 1 is 1.20 bits per heavy atom. The number of hydrogen-bond donors (Lipinski definition) is 0. The molecule has 1 unspecified atom stereocenters. The third kappa shape index (κ3) is 2.99. The summed E-state index contributed by atoms with van der Waals surface area (Å²) in [6, 6.07) is 10.2. The van der Waals surface area contributed by atoms with Crippen LogP contribution in [0.3, 0.4) is 0 Å². The molecule has 0 saturated heterocycles. The molecule has 0 spiro atoms. The number of halogens is 2. The molecule has 1 aliphatic rings. The van der Waals surface area contributed by atoms with Crippen LogP contribution in [0, 0.1) is 11.6 Å². The van der Waals surface area contributed by atoms with E-state index in [1.807, 2.05) is 0 Å². The van der Waals surface area contributed by atoms with E-state index in [1.54, 1.807) is 31.2 Å². The lowest BCUT2D eigenvalue weighted by Gasteiger charge is -2.36. The molecule has 0 bridgehead atoms. The van der Waals surface area contributed by atoms with Gasteiger partial charge in [0.15, 0.2) is 17.2 Å². The SMILES string of the molecule is CCN(C(=O)C1(C)Cc2ccccc2C(=O)O1)c1ccc(F)c(F)c1. The smallest absolute Gasteiger partial charge is 0.339 e. The summed E-state index contributed by atoms with van der Waals surface area (Å²) in [4.78, 5) is 26.6. The van der Waals surface area contributed by atoms with Gasteiger partial charge in [-0.1, -0.05) is 18.2 Å². The molecule has 25 heavy (non-hydrogen) atoms. The van der Waals surface area contributed by atoms with Gasteiger partial charge >= 0.3 is 5.97 Å². The molecule has 1 heterocycles. The minimum Gasteiger partial charge on any atom is -0.445 e. The number of anilines is 1. The fourth-order valence-corrected chi connectivity index (χ4v) is 3.03. The summed E-state index contributed by atoms with van der Waals surface area (Å²) in [5.41, 5.74) is -0.0473. The second kappa shape index (κ2) is 6.27. The van der Waals surface area contributed by atoms with E-state index in [9.17, 15) is 18.4 Å². The van der Waals surface area contributed by atoms with Crippen molar-refractivity contribution < 1.29 is 23.1 Å². The average Bonchev–Trinajstić information content (AvgIpc) is 2.58. The van der Waals surface area contributed by atoms with Crippen LogP contribution in [0.1, 0.15) is 29.8 Å². The molecule has 0 aliphatic carbocycles. The number of nitrogens with zero attached hydrogens (tertiary/aromatic N) is 1. The zero-order valence-electron chi connectivity index (χ0n) is 13.9. The second-order valence-corrected chi connectivity index (χ2v) is 6.10. The maximum Gasteiger partial charge on any atom is 0.339 e. The van der Waals surface area contributed by atoms with Crippen LogP contribution in [-0.2, 0) is 16.0 Å². The number of cyclic esters (lactones) is 1. The Labute approximate surface area is 144 Å². The van der Waals surface area contributed by atoms with E-state index in [-0.39, 0.29) is 18.7 Å². The van der Waals surface area contributed by atoms with E-state index in [0.717, 1.165) is 17.7 Å². The number of rotatable bonds is 3. The lowest BCUT2D eigenvalue weighted by atomic mass is 9.88. The third-order valence-corrected chi connectivity index (χ3v) is 4.31. The average molecular weight is 345 g/mol. The van der Waals surface area contributed by atoms with Gasteiger partial charge < -0.3 is 9.64 Å². The molecule has 1 atom stereocenters. The quantitative estimate of drug-likeness (QED) is 0.800. The first kappa shape index (κ1) is 17.1. The molecular formula is C19H17F2NO3. The Morgan fingerprint density at radius 2 is 1.92 bits per heavy atom. The van der Waals surface area contributed by atoms with Crippen LogP contribution in [0.25, 0.3) is 0 Å². The maximum atomic E-state index is 13.5. The highest BCUT2D eigenvalue weighted by molar-refractivity contribution is 6.03. The van der Waals surface area contributed by atoms with Crippen molar-refractivity contribution in [2.75, 3.05) is 11.4 Å². The summed E-state index contributed by atoms with van der Waals surface area (Å²) in [6.45, 7) is 3.46. The molecule has 1 amide bonds. The van der Waals surface area contributed by atoms with Gasteiger partial charge in [-0.3, -0.25) is 4.79 Å². The van der Waals surface area contributed by atoms with Gasteiger partial charge in [-0.2, -0.15) is 0 Å². The van der Waals surface area contributed by atoms with Crippen LogP contribution < -0.4 is 4.90 Å². The van der Waals surface area contributed by atoms with Crippen molar-refractivity contribution >= 4 is 17.6 Å². The first-order valence-corrected chi connectivity index (χ1v) is 7.94. The predicted octanol–water partition coefficient (Wildman–Crippen LogP) is 3.49. The van der Waals surface area contributed by atoms with Gasteiger partial charge in [0.2, 0.25) is 0 Å². The molecule has 2 aromatic carbocycles. The zero-order chi connectivity index (χ0) is 18.2. The fraction of sp³-hybridized carbons (Fsp3) is 0.263. The van der Waals surface area contributed by atoms with Crippen molar-refractivity contribution in [3.63, 3.8) is 0 Å². The van der Waals surface area contributed by atoms with Crippen LogP contribution in [0.2, 0.25) is 0 Å². The Morgan fingerprint density at radius 3 is 2.60 bits per heavy atom. The molecule has 2 aromatic rings. The van der Waals surface area contributed by atoms with Gasteiger partial charge in [0.05, 0.1) is 5.56 Å². The largest absolute Gasteiger partial charge is 0.445 e. The minimum absolute atomic E-state index is 0.211. The van der Waals surface area contributed by atoms with Gasteiger partial charge in [0.1, 0.15) is 0 Å². The first-order chi connectivity index (χ1) is 11.9. The van der Waals surface area contributed by atoms with Crippen LogP contribution in [0.5, 0.6) is 0 Å². The Balaban J connectivity index is 1.95. The summed E-state index contributed by atoms with van der Waals surface area (Å²) >= 11 is 0. The van der Waals surface area contributed by atoms with E-state index < -0.39 is 29.1 Å². The normalized spacial score (nSPS) is 19.1. The molecule has 0 fully saturated rings. The number of amides is 1. The predicted molar refractivity (Wildman–Crippen MR) is 88.4 cm³/mol. The van der Waals surface area contributed by atoms with Crippen LogP contribution >= 0.6 is 0 Å². The number of esters is 1. The minimum atomic E-state index is -1.41. The third-order valence-electron chi connectivity index (χ3n) is 4.31. The van der Waals surface area contributed by atoms with Crippen molar-refractivity contribution in [3.05, 3.63) is 65.2 Å². The van der Waals surface area contributed by atoms with Crippen molar-refractivity contribution in [1.82, 2.24) is 0 Å². The van der Waals surface area contributed by atoms with Gasteiger partial charge in [-0.15, -0.1) is 0 Å². The van der Waals surface area contributed by atoms with E-state index >= 15 is 0 Å². The van der Waals surface area contributed by atoms with E-state index in [2.05, 4.69) is 0 Å². The Bertz CT molecular complexity index is 852. The number of fused-ring (bicyclic) bond motifs is 1. The molecular weight excluding hydrogens is 328 g/mol. The maximum absolute atomic E-state index is 13.5. The molecule has 0 aromatic heterocycles. The van der Waals surface area contributed by atoms with Gasteiger partial charge in [0, 0.05) is 24.7 Å². The van der Waals surface area contributed by atoms with Crippen molar-refractivity contribution in [1.29, 1.82) is 0 Å². The highest BCUT2D eigenvalue weighted by atomic mass is 19.2. The first-order valence-electron chi connectivity index (χ1n) is 7.94. The van der Waals surface area contributed by atoms with E-state index in [0.29, 0.717) is 5.56 Å².